The van der Waals surface area contributed by atoms with Crippen LogP contribution < -0.4 is 11.1 Å². The number of aliphatic carboxylic acids is 1. The van der Waals surface area contributed by atoms with Gasteiger partial charge in [-0.25, -0.2) is 14.2 Å². The molecule has 0 aliphatic carbocycles. The molecular formula is C24H23FN4O4. The Hall–Kier alpha value is -4.27. The van der Waals surface area contributed by atoms with Crippen LogP contribution in [-0.2, 0) is 16.0 Å². The van der Waals surface area contributed by atoms with Crippen LogP contribution in [0.25, 0.3) is 11.6 Å². The quantitative estimate of drug-likeness (QED) is 0.352. The predicted molar refractivity (Wildman–Crippen MR) is 120 cm³/mol. The highest BCUT2D eigenvalue weighted by Gasteiger charge is 2.21. The lowest BCUT2D eigenvalue weighted by Crippen LogP contribution is -2.41. The van der Waals surface area contributed by atoms with E-state index in [1.165, 1.54) is 12.1 Å². The van der Waals surface area contributed by atoms with E-state index < -0.39 is 23.8 Å². The molecule has 0 aliphatic rings. The van der Waals surface area contributed by atoms with Crippen molar-refractivity contribution in [2.75, 3.05) is 0 Å². The summed E-state index contributed by atoms with van der Waals surface area (Å²) in [5.41, 5.74) is 7.65. The van der Waals surface area contributed by atoms with E-state index in [0.717, 1.165) is 17.0 Å². The molecule has 0 fully saturated rings. The Bertz CT molecular complexity index is 1160. The maximum atomic E-state index is 13.4. The van der Waals surface area contributed by atoms with Crippen molar-refractivity contribution in [1.82, 2.24) is 15.3 Å². The van der Waals surface area contributed by atoms with Gasteiger partial charge in [-0.1, -0.05) is 30.3 Å². The van der Waals surface area contributed by atoms with Crippen molar-refractivity contribution in [1.29, 1.82) is 0 Å². The summed E-state index contributed by atoms with van der Waals surface area (Å²) in [5.74, 6) is -2.11. The van der Waals surface area contributed by atoms with Crippen LogP contribution in [0.5, 0.6) is 0 Å². The minimum atomic E-state index is -1.25. The number of nitrogens with one attached hydrogen (secondary N) is 2. The number of nitrogens with two attached hydrogens (primary N) is 1. The molecule has 0 bridgehead atoms. The number of benzene rings is 2. The van der Waals surface area contributed by atoms with Crippen LogP contribution >= 0.6 is 0 Å². The summed E-state index contributed by atoms with van der Waals surface area (Å²) >= 11 is 0. The van der Waals surface area contributed by atoms with Crippen molar-refractivity contribution in [3.05, 3.63) is 89.3 Å². The molecule has 9 heteroatoms. The number of rotatable bonds is 10. The van der Waals surface area contributed by atoms with Crippen molar-refractivity contribution in [2.24, 2.45) is 5.73 Å². The largest absolute Gasteiger partial charge is 0.480 e. The Balaban J connectivity index is 1.85. The normalized spacial score (nSPS) is 12.2. The number of aromatic nitrogens is 2. The van der Waals surface area contributed by atoms with E-state index in [1.54, 1.807) is 48.8 Å². The number of hydrogen-bond acceptors (Lipinski definition) is 4. The van der Waals surface area contributed by atoms with Crippen LogP contribution in [0, 0.1) is 5.82 Å². The van der Waals surface area contributed by atoms with Crippen LogP contribution in [0.4, 0.5) is 4.39 Å². The van der Waals surface area contributed by atoms with Gasteiger partial charge in [0.15, 0.2) is 0 Å². The topological polar surface area (TPSA) is 138 Å². The molecule has 0 aliphatic heterocycles. The van der Waals surface area contributed by atoms with Crippen LogP contribution in [-0.4, -0.2) is 38.9 Å². The van der Waals surface area contributed by atoms with Gasteiger partial charge in [0.05, 0.1) is 0 Å². The zero-order chi connectivity index (χ0) is 23.8. The maximum Gasteiger partial charge on any atom is 0.326 e. The van der Waals surface area contributed by atoms with Gasteiger partial charge >= 0.3 is 5.97 Å². The minimum absolute atomic E-state index is 0.103. The van der Waals surface area contributed by atoms with Gasteiger partial charge in [-0.05, 0) is 47.4 Å². The number of imidazole rings is 1. The third-order valence-electron chi connectivity index (χ3n) is 4.90. The molecule has 0 saturated heterocycles. The summed E-state index contributed by atoms with van der Waals surface area (Å²) in [6.07, 6.45) is 5.39. The van der Waals surface area contributed by atoms with Crippen molar-refractivity contribution in [2.45, 2.75) is 25.3 Å². The molecule has 0 radical (unpaired) electrons. The highest BCUT2D eigenvalue weighted by atomic mass is 19.1. The average Bonchev–Trinajstić information content (AvgIpc) is 3.29. The fourth-order valence-electron chi connectivity index (χ4n) is 3.23. The summed E-state index contributed by atoms with van der Waals surface area (Å²) < 4.78 is 13.4. The Labute approximate surface area is 189 Å². The molecule has 170 valence electrons. The summed E-state index contributed by atoms with van der Waals surface area (Å²) in [6, 6.07) is 11.5. The molecule has 8 nitrogen and oxygen atoms in total. The molecule has 1 aromatic heterocycles. The van der Waals surface area contributed by atoms with Crippen LogP contribution in [0.15, 0.2) is 60.9 Å². The summed E-state index contributed by atoms with van der Waals surface area (Å²) in [4.78, 5) is 42.3. The number of H-pyrrole nitrogens is 1. The summed E-state index contributed by atoms with van der Waals surface area (Å²) in [7, 11) is 0. The standard InChI is InChI=1S/C24H23FN4O4/c25-19-6-4-16(5-7-19)18(14-22-27-10-11-28-22)13-15-2-1-3-17(12-15)23(31)29-20(24(32)33)8-9-21(26)30/h1-7,10-13,20H,8-9,14H2,(H2,26,30)(H,27,28)(H,29,31)(H,32,33)/t20-/m0/s1. The number of primary amides is 1. The molecule has 5 N–H and O–H groups in total. The first-order valence-corrected chi connectivity index (χ1v) is 10.2. The van der Waals surface area contributed by atoms with Gasteiger partial charge in [-0.3, -0.25) is 9.59 Å². The zero-order valence-corrected chi connectivity index (χ0v) is 17.6. The van der Waals surface area contributed by atoms with Gasteiger partial charge in [0.1, 0.15) is 17.7 Å². The number of carbonyl (C=O) groups excluding carboxylic acids is 2. The van der Waals surface area contributed by atoms with Gasteiger partial charge in [0.25, 0.3) is 5.91 Å². The van der Waals surface area contributed by atoms with E-state index in [4.69, 9.17) is 5.73 Å². The lowest BCUT2D eigenvalue weighted by Gasteiger charge is -2.14. The number of nitrogens with zero attached hydrogens (tertiary/aromatic N) is 1. The maximum absolute atomic E-state index is 13.4. The summed E-state index contributed by atoms with van der Waals surface area (Å²) in [5, 5.41) is 11.7. The second-order valence-corrected chi connectivity index (χ2v) is 7.38. The monoisotopic (exact) mass is 450 g/mol. The van der Waals surface area contributed by atoms with E-state index in [1.807, 2.05) is 6.08 Å². The van der Waals surface area contributed by atoms with E-state index in [-0.39, 0.29) is 24.2 Å². The molecule has 1 heterocycles. The van der Waals surface area contributed by atoms with E-state index in [2.05, 4.69) is 15.3 Å². The number of hydrogen-bond donors (Lipinski definition) is 4. The first-order valence-electron chi connectivity index (χ1n) is 10.2. The molecule has 1 atom stereocenters. The van der Waals surface area contributed by atoms with Crippen molar-refractivity contribution in [3.8, 4) is 0 Å². The second kappa shape index (κ2) is 10.9. The third-order valence-corrected chi connectivity index (χ3v) is 4.90. The highest BCUT2D eigenvalue weighted by Crippen LogP contribution is 2.23. The van der Waals surface area contributed by atoms with Gasteiger partial charge < -0.3 is 21.1 Å². The second-order valence-electron chi connectivity index (χ2n) is 7.38. The van der Waals surface area contributed by atoms with Crippen molar-refractivity contribution < 1.29 is 23.9 Å². The number of carboxylic acid groups (broad SMARTS) is 1. The number of carboxylic acids is 1. The fourth-order valence-corrected chi connectivity index (χ4v) is 3.23. The average molecular weight is 450 g/mol. The minimum Gasteiger partial charge on any atom is -0.480 e. The van der Waals surface area contributed by atoms with E-state index >= 15 is 0 Å². The van der Waals surface area contributed by atoms with Crippen LogP contribution in [0.1, 0.15) is 40.2 Å². The van der Waals surface area contributed by atoms with Gasteiger partial charge in [0, 0.05) is 30.8 Å². The third kappa shape index (κ3) is 6.86. The Morgan fingerprint density at radius 3 is 2.55 bits per heavy atom. The molecule has 2 amide bonds. The molecule has 2 aromatic carbocycles. The fraction of sp³-hybridized carbons (Fsp3) is 0.167. The number of amides is 2. The van der Waals surface area contributed by atoms with Gasteiger partial charge in [-0.15, -0.1) is 0 Å². The lowest BCUT2D eigenvalue weighted by molar-refractivity contribution is -0.139. The Morgan fingerprint density at radius 2 is 1.91 bits per heavy atom. The SMILES string of the molecule is NC(=O)CC[C@H](NC(=O)c1cccc(C=C(Cc2ncc[nH]2)c2ccc(F)cc2)c1)C(=O)O. The molecular weight excluding hydrogens is 427 g/mol. The number of aromatic amines is 1. The Morgan fingerprint density at radius 1 is 1.15 bits per heavy atom. The highest BCUT2D eigenvalue weighted by molar-refractivity contribution is 5.97. The molecule has 0 saturated carbocycles. The lowest BCUT2D eigenvalue weighted by atomic mass is 9.98. The predicted octanol–water partition coefficient (Wildman–Crippen LogP) is 2.78. The Kier molecular flexibility index (Phi) is 7.69. The molecule has 3 rings (SSSR count). The molecule has 3 aromatic rings. The number of allylic oxidation sites excluding steroid dienone is 1. The van der Waals surface area contributed by atoms with Crippen molar-refractivity contribution in [3.63, 3.8) is 0 Å². The smallest absolute Gasteiger partial charge is 0.326 e. The molecule has 33 heavy (non-hydrogen) atoms. The van der Waals surface area contributed by atoms with E-state index in [9.17, 15) is 23.9 Å². The van der Waals surface area contributed by atoms with Crippen molar-refractivity contribution >= 4 is 29.4 Å². The number of carbonyl (C=O) groups is 3. The first-order chi connectivity index (χ1) is 15.8. The zero-order valence-electron chi connectivity index (χ0n) is 17.6. The van der Waals surface area contributed by atoms with E-state index in [0.29, 0.717) is 12.0 Å². The van der Waals surface area contributed by atoms with Gasteiger partial charge in [-0.2, -0.15) is 0 Å². The van der Waals surface area contributed by atoms with Crippen LogP contribution in [0.3, 0.4) is 0 Å². The molecule has 0 unspecified atom stereocenters. The molecule has 0 spiro atoms. The number of halogens is 1. The summed E-state index contributed by atoms with van der Waals surface area (Å²) in [6.45, 7) is 0. The first kappa shape index (κ1) is 23.4. The van der Waals surface area contributed by atoms with Gasteiger partial charge in [0.2, 0.25) is 5.91 Å². The van der Waals surface area contributed by atoms with Crippen LogP contribution in [0.2, 0.25) is 0 Å².